The molecule has 16 nitrogen and oxygen atoms in total. The summed E-state index contributed by atoms with van der Waals surface area (Å²) >= 11 is 0. The van der Waals surface area contributed by atoms with E-state index in [4.69, 9.17) is 0 Å². The van der Waals surface area contributed by atoms with Crippen molar-refractivity contribution in [1.29, 1.82) is 0 Å². The van der Waals surface area contributed by atoms with Crippen LogP contribution in [0.1, 0.15) is 466 Å². The molecule has 0 aromatic heterocycles. The summed E-state index contributed by atoms with van der Waals surface area (Å²) in [6.45, 7) is 17.5. The van der Waals surface area contributed by atoms with Gasteiger partial charge in [-0.3, -0.25) is 0 Å². The fraction of sp³-hybridized carbons (Fsp3) is 0.900. The van der Waals surface area contributed by atoms with Gasteiger partial charge in [0.15, 0.2) is 0 Å². The standard InChI is InChI=1S/8C10H20O2.B.Nb/c8*1-2-3-4-5-6-7-8-9-10(11)12;;/h8*2-9H2,1H3,(H,11,12);;/q;;;;;;;;2*+3/p-8. The van der Waals surface area contributed by atoms with E-state index >= 15 is 0 Å². The van der Waals surface area contributed by atoms with Crippen molar-refractivity contribution in [2.24, 2.45) is 0 Å². The van der Waals surface area contributed by atoms with E-state index in [1.54, 1.807) is 0 Å². The monoisotopic (exact) mass is 1470 g/mol. The van der Waals surface area contributed by atoms with Crippen molar-refractivity contribution in [3.63, 3.8) is 0 Å². The summed E-state index contributed by atoms with van der Waals surface area (Å²) in [5.41, 5.74) is 0. The molecule has 0 fully saturated rings. The third-order valence-electron chi connectivity index (χ3n) is 15.9. The molecule has 0 aliphatic carbocycles. The Kier molecular flexibility index (Phi) is 132. The van der Waals surface area contributed by atoms with Crippen molar-refractivity contribution >= 4 is 56.2 Å². The number of hydrogen-bond acceptors (Lipinski definition) is 16. The molecule has 18 heteroatoms. The molecule has 0 aromatic rings. The summed E-state index contributed by atoms with van der Waals surface area (Å²) in [5, 5.41) is 80.2. The topological polar surface area (TPSA) is 321 Å². The van der Waals surface area contributed by atoms with Crippen LogP contribution in [0.2, 0.25) is 0 Å². The van der Waals surface area contributed by atoms with Crippen molar-refractivity contribution in [2.75, 3.05) is 0 Å². The first-order valence-electron chi connectivity index (χ1n) is 39.8. The number of hydrogen-bond donors (Lipinski definition) is 0. The third-order valence-corrected chi connectivity index (χ3v) is 15.9. The molecule has 0 unspecified atom stereocenters. The summed E-state index contributed by atoms with van der Waals surface area (Å²) in [7, 11) is 0. The molecule has 0 bridgehead atoms. The normalized spacial score (nSPS) is 9.88. The number of carbonyl (C=O) groups excluding carboxylic acids is 8. The Labute approximate surface area is 620 Å². The zero-order valence-electron chi connectivity index (χ0n) is 64.8. The predicted octanol–water partition coefficient (Wildman–Crippen LogP) is 14.6. The molecule has 0 amide bonds. The zero-order chi connectivity index (χ0) is 73.9. The van der Waals surface area contributed by atoms with Crippen LogP contribution in [0.25, 0.3) is 0 Å². The van der Waals surface area contributed by atoms with E-state index in [0.29, 0.717) is 0 Å². The second kappa shape index (κ2) is 112. The molecular weight excluding hydrogens is 1320 g/mol. The number of carboxylic acid groups (broad SMARTS) is 8. The van der Waals surface area contributed by atoms with E-state index in [9.17, 15) is 79.2 Å². The van der Waals surface area contributed by atoms with Gasteiger partial charge in [-0.1, -0.05) is 364 Å². The average molecular weight is 1470 g/mol. The molecule has 0 saturated heterocycles. The number of carboxylic acids is 8. The Morgan fingerprint density at radius 3 is 0.265 bits per heavy atom. The van der Waals surface area contributed by atoms with E-state index in [2.05, 4.69) is 55.4 Å². The molecule has 0 aliphatic rings. The second-order valence-corrected chi connectivity index (χ2v) is 25.9. The van der Waals surface area contributed by atoms with Crippen LogP contribution in [-0.4, -0.2) is 56.2 Å². The molecule has 0 radical (unpaired) electrons. The van der Waals surface area contributed by atoms with Crippen molar-refractivity contribution < 1.29 is 102 Å². The van der Waals surface area contributed by atoms with E-state index in [0.717, 1.165) is 103 Å². The van der Waals surface area contributed by atoms with Gasteiger partial charge in [0.05, 0.1) is 0 Å². The molecular formula is C80H152BNbO16-2. The average Bonchev–Trinajstić information content (AvgIpc) is 3.56. The Morgan fingerprint density at radius 1 is 0.143 bits per heavy atom. The van der Waals surface area contributed by atoms with E-state index < -0.39 is 47.8 Å². The van der Waals surface area contributed by atoms with Crippen LogP contribution in [0.15, 0.2) is 0 Å². The van der Waals surface area contributed by atoms with Crippen molar-refractivity contribution in [3.8, 4) is 0 Å². The van der Waals surface area contributed by atoms with Gasteiger partial charge in [-0.25, -0.2) is 0 Å². The quantitative estimate of drug-likeness (QED) is 0.0403. The Morgan fingerprint density at radius 2 is 0.204 bits per heavy atom. The number of rotatable bonds is 64. The predicted molar refractivity (Wildman–Crippen MR) is 387 cm³/mol. The van der Waals surface area contributed by atoms with Crippen molar-refractivity contribution in [1.82, 2.24) is 0 Å². The molecule has 0 aromatic carbocycles. The molecule has 0 saturated carbocycles. The minimum absolute atomic E-state index is 0. The van der Waals surface area contributed by atoms with Crippen LogP contribution in [0.3, 0.4) is 0 Å². The minimum atomic E-state index is -0.913. The zero-order valence-corrected chi connectivity index (χ0v) is 67.0. The number of unbranched alkanes of at least 4 members (excludes halogenated alkanes) is 48. The van der Waals surface area contributed by atoms with Crippen LogP contribution >= 0.6 is 0 Å². The SMILES string of the molecule is CCCCCCCCCC(=O)[O-].CCCCCCCCCC(=O)[O-].CCCCCCCCCC(=O)[O-].CCCCCCCCCC(=O)[O-].CCCCCCCCCC(=O)[O-].CCCCCCCCCC(=O)[O-].CCCCCCCCCC(=O)[O-].CCCCCCCCCC(=O)[O-].[B+3].[Nb+3]. The maximum atomic E-state index is 10.0. The van der Waals surface area contributed by atoms with E-state index in [1.165, 1.54) is 257 Å². The van der Waals surface area contributed by atoms with Crippen LogP contribution in [-0.2, 0) is 60.7 Å². The first-order chi connectivity index (χ1) is 46.2. The molecule has 0 aliphatic heterocycles. The Balaban J connectivity index is -0.000000113. The summed E-state index contributed by atoms with van der Waals surface area (Å²) in [6, 6.07) is 0. The smallest absolute Gasteiger partial charge is 0.550 e. The van der Waals surface area contributed by atoms with Gasteiger partial charge < -0.3 is 79.2 Å². The Hall–Kier alpha value is -3.43. The van der Waals surface area contributed by atoms with Crippen LogP contribution in [0.4, 0.5) is 0 Å². The first-order valence-corrected chi connectivity index (χ1v) is 39.8. The number of aliphatic carboxylic acids is 8. The van der Waals surface area contributed by atoms with Gasteiger partial charge in [0, 0.05) is 47.8 Å². The fourth-order valence-electron chi connectivity index (χ4n) is 9.81. The van der Waals surface area contributed by atoms with Crippen LogP contribution < -0.4 is 40.9 Å². The molecule has 0 heterocycles. The molecule has 0 N–H and O–H groups in total. The van der Waals surface area contributed by atoms with E-state index in [-0.39, 0.29) is 82.2 Å². The van der Waals surface area contributed by atoms with Crippen LogP contribution in [0.5, 0.6) is 0 Å². The molecule has 0 rings (SSSR count). The molecule has 98 heavy (non-hydrogen) atoms. The Bertz CT molecular complexity index is 1240. The number of carbonyl (C=O) groups is 8. The van der Waals surface area contributed by atoms with Gasteiger partial charge in [-0.05, 0) is 103 Å². The third kappa shape index (κ3) is 165. The minimum Gasteiger partial charge on any atom is -0.550 e. The van der Waals surface area contributed by atoms with Gasteiger partial charge in [-0.2, -0.15) is 0 Å². The van der Waals surface area contributed by atoms with Gasteiger partial charge in [0.25, 0.3) is 0 Å². The maximum Gasteiger partial charge on any atom is 3.00 e. The van der Waals surface area contributed by atoms with Gasteiger partial charge in [-0.15, -0.1) is 0 Å². The largest absolute Gasteiger partial charge is 3.00 e. The van der Waals surface area contributed by atoms with Crippen LogP contribution in [0, 0.1) is 0 Å². The second-order valence-electron chi connectivity index (χ2n) is 25.9. The van der Waals surface area contributed by atoms with Crippen molar-refractivity contribution in [2.45, 2.75) is 466 Å². The van der Waals surface area contributed by atoms with Gasteiger partial charge in [0.2, 0.25) is 0 Å². The first kappa shape index (κ1) is 116. The van der Waals surface area contributed by atoms with Gasteiger partial charge in [0.1, 0.15) is 0 Å². The van der Waals surface area contributed by atoms with Crippen molar-refractivity contribution in [3.05, 3.63) is 0 Å². The fourth-order valence-corrected chi connectivity index (χ4v) is 9.81. The van der Waals surface area contributed by atoms with E-state index in [1.807, 2.05) is 0 Å². The summed E-state index contributed by atoms with van der Waals surface area (Å²) < 4.78 is 0. The molecule has 0 spiro atoms. The summed E-state index contributed by atoms with van der Waals surface area (Å²) in [5.74, 6) is -7.31. The molecule has 0 atom stereocenters. The van der Waals surface area contributed by atoms with Gasteiger partial charge >= 0.3 is 30.8 Å². The molecule has 578 valence electrons. The summed E-state index contributed by atoms with van der Waals surface area (Å²) in [6.07, 6.45) is 66.7. The summed E-state index contributed by atoms with van der Waals surface area (Å²) in [4.78, 5) is 80.2. The maximum absolute atomic E-state index is 10.0.